The molecule has 0 spiro atoms. The number of aliphatic carboxylic acids is 1. The van der Waals surface area contributed by atoms with Crippen molar-refractivity contribution in [2.45, 2.75) is 57.5 Å². The number of aryl methyl sites for hydroxylation is 1. The lowest BCUT2D eigenvalue weighted by Crippen LogP contribution is -2.47. The molecule has 1 aliphatic rings. The summed E-state index contributed by atoms with van der Waals surface area (Å²) in [6, 6.07) is 14.0. The van der Waals surface area contributed by atoms with Gasteiger partial charge in [-0.05, 0) is 67.6 Å². The van der Waals surface area contributed by atoms with Crippen LogP contribution in [0.25, 0.3) is 0 Å². The molecule has 0 aliphatic carbocycles. The van der Waals surface area contributed by atoms with E-state index in [2.05, 4.69) is 49.9 Å². The second-order valence-electron chi connectivity index (χ2n) is 9.81. The Kier molecular flexibility index (Phi) is 7.00. The molecule has 6 nitrogen and oxygen atoms in total. The normalized spacial score (nSPS) is 16.6. The molecule has 3 rings (SSSR count). The number of carboxylic acids is 1. The Morgan fingerprint density at radius 1 is 0.969 bits per heavy atom. The quantitative estimate of drug-likeness (QED) is 0.696. The average Bonchev–Trinajstić information content (AvgIpc) is 2.74. The molecule has 1 atom stereocenters. The monoisotopic (exact) mass is 458 g/mol. The molecule has 1 aliphatic heterocycles. The van der Waals surface area contributed by atoms with E-state index in [0.29, 0.717) is 23.7 Å². The number of piperazine rings is 1. The summed E-state index contributed by atoms with van der Waals surface area (Å²) in [7, 11) is -1.27. The van der Waals surface area contributed by atoms with Crippen LogP contribution in [0.5, 0.6) is 5.75 Å². The van der Waals surface area contributed by atoms with Gasteiger partial charge in [0.25, 0.3) is 0 Å². The summed E-state index contributed by atoms with van der Waals surface area (Å²) in [5.41, 5.74) is 2.09. The van der Waals surface area contributed by atoms with Gasteiger partial charge < -0.3 is 14.7 Å². The first-order chi connectivity index (χ1) is 14.9. The van der Waals surface area contributed by atoms with Crippen LogP contribution in [0.15, 0.2) is 47.4 Å². The van der Waals surface area contributed by atoms with Gasteiger partial charge >= 0.3 is 5.97 Å². The van der Waals surface area contributed by atoms with E-state index in [1.165, 1.54) is 25.1 Å². The molecule has 0 bridgehead atoms. The van der Waals surface area contributed by atoms with Crippen molar-refractivity contribution in [2.24, 2.45) is 0 Å². The van der Waals surface area contributed by atoms with Crippen molar-refractivity contribution < 1.29 is 18.8 Å². The van der Waals surface area contributed by atoms with Gasteiger partial charge in [0.15, 0.2) is 5.60 Å². The Balaban J connectivity index is 1.63. The Morgan fingerprint density at radius 2 is 1.56 bits per heavy atom. The van der Waals surface area contributed by atoms with Crippen molar-refractivity contribution in [3.63, 3.8) is 0 Å². The summed E-state index contributed by atoms with van der Waals surface area (Å²) in [5, 5.41) is 9.28. The van der Waals surface area contributed by atoms with Crippen LogP contribution in [-0.2, 0) is 21.2 Å². The Bertz CT molecular complexity index is 988. The molecule has 1 heterocycles. The minimum absolute atomic E-state index is 0.135. The van der Waals surface area contributed by atoms with Gasteiger partial charge in [-0.1, -0.05) is 32.9 Å². The molecule has 0 radical (unpaired) electrons. The van der Waals surface area contributed by atoms with Crippen LogP contribution < -0.4 is 9.64 Å². The summed E-state index contributed by atoms with van der Waals surface area (Å²) in [4.78, 5) is 14.4. The average molecular weight is 459 g/mol. The first-order valence-corrected chi connectivity index (χ1v) is 12.0. The molecule has 1 saturated heterocycles. The smallest absolute Gasteiger partial charge is 0.347 e. The molecule has 0 amide bonds. The number of rotatable bonds is 6. The highest BCUT2D eigenvalue weighted by Crippen LogP contribution is 2.28. The summed E-state index contributed by atoms with van der Waals surface area (Å²) in [5.74, 6) is -0.544. The lowest BCUT2D eigenvalue weighted by molar-refractivity contribution is -0.152. The molecule has 2 aromatic rings. The summed E-state index contributed by atoms with van der Waals surface area (Å²) in [6.07, 6.45) is 0. The third-order valence-electron chi connectivity index (χ3n) is 5.80. The van der Waals surface area contributed by atoms with Crippen LogP contribution in [0.3, 0.4) is 0 Å². The van der Waals surface area contributed by atoms with Crippen LogP contribution in [-0.4, -0.2) is 51.4 Å². The van der Waals surface area contributed by atoms with Crippen LogP contribution in [0, 0.1) is 6.92 Å². The molecular weight excluding hydrogens is 424 g/mol. The lowest BCUT2D eigenvalue weighted by atomic mass is 9.87. The maximum Gasteiger partial charge on any atom is 0.347 e. The van der Waals surface area contributed by atoms with Crippen LogP contribution in [0.1, 0.15) is 45.7 Å². The highest BCUT2D eigenvalue weighted by Gasteiger charge is 2.30. The minimum atomic E-state index is -1.33. The zero-order chi connectivity index (χ0) is 23.7. The van der Waals surface area contributed by atoms with Gasteiger partial charge in [0.2, 0.25) is 0 Å². The number of benzene rings is 2. The van der Waals surface area contributed by atoms with E-state index in [1.54, 1.807) is 12.1 Å². The number of ether oxygens (including phenoxy) is 1. The van der Waals surface area contributed by atoms with Gasteiger partial charge in [-0.2, -0.15) is 0 Å². The number of hydrogen-bond donors (Lipinski definition) is 1. The molecule has 0 saturated carbocycles. The fourth-order valence-electron chi connectivity index (χ4n) is 3.60. The molecule has 174 valence electrons. The maximum absolute atomic E-state index is 13.1. The van der Waals surface area contributed by atoms with Gasteiger partial charge in [0.1, 0.15) is 16.7 Å². The van der Waals surface area contributed by atoms with E-state index in [1.807, 2.05) is 17.3 Å². The van der Waals surface area contributed by atoms with E-state index in [9.17, 15) is 14.1 Å². The molecule has 1 N–H and O–H groups in total. The van der Waals surface area contributed by atoms with Gasteiger partial charge in [0.05, 0.1) is 4.90 Å². The van der Waals surface area contributed by atoms with Crippen LogP contribution in [0.2, 0.25) is 0 Å². The molecule has 7 heteroatoms. The summed E-state index contributed by atoms with van der Waals surface area (Å²) in [6.45, 7) is 14.5. The molecule has 0 aromatic heterocycles. The Labute approximate surface area is 193 Å². The highest BCUT2D eigenvalue weighted by molar-refractivity contribution is 7.82. The summed E-state index contributed by atoms with van der Waals surface area (Å²) >= 11 is 0. The first-order valence-electron chi connectivity index (χ1n) is 10.9. The van der Waals surface area contributed by atoms with E-state index in [0.717, 1.165) is 18.7 Å². The molecule has 1 fully saturated rings. The van der Waals surface area contributed by atoms with Gasteiger partial charge in [0, 0.05) is 31.9 Å². The summed E-state index contributed by atoms with van der Waals surface area (Å²) < 4.78 is 20.8. The van der Waals surface area contributed by atoms with Crippen molar-refractivity contribution in [2.75, 3.05) is 31.1 Å². The number of nitrogens with zero attached hydrogens (tertiary/aromatic N) is 2. The fourth-order valence-corrected chi connectivity index (χ4v) is 4.85. The Morgan fingerprint density at radius 3 is 2.06 bits per heavy atom. The molecule has 32 heavy (non-hydrogen) atoms. The van der Waals surface area contributed by atoms with Crippen molar-refractivity contribution in [3.8, 4) is 5.75 Å². The third-order valence-corrected chi connectivity index (χ3v) is 7.29. The first kappa shape index (κ1) is 24.3. The standard InChI is InChI=1S/C25H34N2O4S/c1-18-17-21(11-12-22(18)31-25(5,6)23(28)29)32(30)27-15-13-26(14-16-27)20-9-7-19(8-10-20)24(2,3)4/h7-12,17H,13-16H2,1-6H3,(H,28,29). The highest BCUT2D eigenvalue weighted by atomic mass is 32.2. The zero-order valence-electron chi connectivity index (χ0n) is 19.8. The van der Waals surface area contributed by atoms with Crippen molar-refractivity contribution in [1.29, 1.82) is 0 Å². The van der Waals surface area contributed by atoms with Crippen LogP contribution in [0.4, 0.5) is 5.69 Å². The number of anilines is 1. The topological polar surface area (TPSA) is 70.1 Å². The van der Waals surface area contributed by atoms with Crippen molar-refractivity contribution in [3.05, 3.63) is 53.6 Å². The second kappa shape index (κ2) is 9.24. The molecular formula is C25H34N2O4S. The fraction of sp³-hybridized carbons (Fsp3) is 0.480. The van der Waals surface area contributed by atoms with Gasteiger partial charge in [-0.15, -0.1) is 0 Å². The van der Waals surface area contributed by atoms with E-state index in [4.69, 9.17) is 4.74 Å². The van der Waals surface area contributed by atoms with E-state index < -0.39 is 22.6 Å². The van der Waals surface area contributed by atoms with Crippen molar-refractivity contribution >= 4 is 22.6 Å². The van der Waals surface area contributed by atoms with E-state index in [-0.39, 0.29) is 5.41 Å². The van der Waals surface area contributed by atoms with Crippen LogP contribution >= 0.6 is 0 Å². The van der Waals surface area contributed by atoms with E-state index >= 15 is 0 Å². The predicted octanol–water partition coefficient (Wildman–Crippen LogP) is 4.38. The minimum Gasteiger partial charge on any atom is -0.478 e. The largest absolute Gasteiger partial charge is 0.478 e. The number of carboxylic acid groups (broad SMARTS) is 1. The van der Waals surface area contributed by atoms with Crippen molar-refractivity contribution in [1.82, 2.24) is 4.31 Å². The van der Waals surface area contributed by atoms with Gasteiger partial charge in [-0.25, -0.2) is 13.3 Å². The maximum atomic E-state index is 13.1. The SMILES string of the molecule is Cc1cc(S(=O)N2CCN(c3ccc(C(C)(C)C)cc3)CC2)ccc1OC(C)(C)C(=O)O. The number of hydrogen-bond acceptors (Lipinski definition) is 4. The predicted molar refractivity (Wildman–Crippen MR) is 129 cm³/mol. The van der Waals surface area contributed by atoms with Gasteiger partial charge in [-0.3, -0.25) is 0 Å². The zero-order valence-corrected chi connectivity index (χ0v) is 20.7. The molecule has 2 aromatic carbocycles. The lowest BCUT2D eigenvalue weighted by Gasteiger charge is -2.35. The second-order valence-corrected chi connectivity index (χ2v) is 11.3. The molecule has 1 unspecified atom stereocenters. The Hall–Kier alpha value is -2.38. The third kappa shape index (κ3) is 5.51. The number of carbonyl (C=O) groups is 1.